The molecule has 3 rings (SSSR count). The summed E-state index contributed by atoms with van der Waals surface area (Å²) in [4.78, 5) is 47.6. The molecule has 0 radical (unpaired) electrons. The number of urea groups is 1. The molecule has 2 aromatic carbocycles. The lowest BCUT2D eigenvalue weighted by Gasteiger charge is -2.15. The molecule has 34 heavy (non-hydrogen) atoms. The second-order valence-corrected chi connectivity index (χ2v) is 8.42. The monoisotopic (exact) mass is 501 g/mol. The van der Waals surface area contributed by atoms with E-state index in [1.54, 1.807) is 54.6 Å². The van der Waals surface area contributed by atoms with Gasteiger partial charge in [0.1, 0.15) is 16.8 Å². The molecule has 0 saturated heterocycles. The fraction of sp³-hybridized carbons (Fsp3) is 0.130. The van der Waals surface area contributed by atoms with Gasteiger partial charge in [-0.2, -0.15) is 0 Å². The van der Waals surface area contributed by atoms with Gasteiger partial charge < -0.3 is 26.2 Å². The van der Waals surface area contributed by atoms with Crippen LogP contribution in [-0.4, -0.2) is 46.0 Å². The van der Waals surface area contributed by atoms with Gasteiger partial charge >= 0.3 is 18.0 Å². The van der Waals surface area contributed by atoms with E-state index in [1.807, 2.05) is 0 Å². The maximum Gasteiger partial charge on any atom is 0.348 e. The van der Waals surface area contributed by atoms with E-state index in [0.717, 1.165) is 16.9 Å². The van der Waals surface area contributed by atoms with Crippen molar-refractivity contribution >= 4 is 58.2 Å². The number of aromatic carboxylic acids is 1. The van der Waals surface area contributed by atoms with Gasteiger partial charge in [0, 0.05) is 17.0 Å². The van der Waals surface area contributed by atoms with Crippen LogP contribution in [0.25, 0.3) is 10.4 Å². The quantitative estimate of drug-likeness (QED) is 0.279. The molecule has 1 atom stereocenters. The highest BCUT2D eigenvalue weighted by atomic mass is 35.5. The van der Waals surface area contributed by atoms with Crippen LogP contribution in [0.4, 0.5) is 16.2 Å². The van der Waals surface area contributed by atoms with Gasteiger partial charge in [-0.05, 0) is 29.3 Å². The lowest BCUT2D eigenvalue weighted by atomic mass is 10.1. The number of hydrogen-bond acceptors (Lipinski definition) is 5. The Morgan fingerprint density at radius 1 is 0.941 bits per heavy atom. The van der Waals surface area contributed by atoms with E-state index in [9.17, 15) is 29.4 Å². The predicted octanol–water partition coefficient (Wildman–Crippen LogP) is 4.11. The first-order chi connectivity index (χ1) is 16.3. The Morgan fingerprint density at radius 3 is 2.21 bits per heavy atom. The summed E-state index contributed by atoms with van der Waals surface area (Å²) in [5, 5.41) is 26.4. The van der Waals surface area contributed by atoms with Gasteiger partial charge in [-0.3, -0.25) is 4.79 Å². The molecule has 1 unspecified atom stereocenters. The summed E-state index contributed by atoms with van der Waals surface area (Å²) in [6.07, 6.45) is 0.0663. The normalized spacial score (nSPS) is 11.3. The van der Waals surface area contributed by atoms with Gasteiger partial charge in [0.25, 0.3) is 0 Å². The predicted molar refractivity (Wildman–Crippen MR) is 130 cm³/mol. The zero-order valence-electron chi connectivity index (χ0n) is 17.6. The first-order valence-electron chi connectivity index (χ1n) is 9.94. The molecule has 0 aliphatic heterocycles. The summed E-state index contributed by atoms with van der Waals surface area (Å²) in [5.41, 5.74) is 1.95. The number of anilines is 2. The van der Waals surface area contributed by atoms with E-state index in [4.69, 9.17) is 11.6 Å². The second-order valence-electron chi connectivity index (χ2n) is 7.10. The Hall–Kier alpha value is -3.89. The number of thiophene rings is 1. The van der Waals surface area contributed by atoms with Crippen molar-refractivity contribution in [3.8, 4) is 10.4 Å². The molecule has 1 heterocycles. The molecule has 0 aliphatic rings. The van der Waals surface area contributed by atoms with Crippen molar-refractivity contribution in [2.45, 2.75) is 12.5 Å². The van der Waals surface area contributed by atoms with Gasteiger partial charge in [0.2, 0.25) is 5.91 Å². The van der Waals surface area contributed by atoms with Gasteiger partial charge in [-0.1, -0.05) is 42.5 Å². The molecular formula is C23H20ClN3O6S. The first-order valence-corrected chi connectivity index (χ1v) is 11.3. The standard InChI is InChI=1S/C23H20ClN3O6S/c24-12-19(28)25-15-8-6-14(7-9-15)18-11-16(20(34-18)22(31)32)26-23(33)27-17(21(29)30)10-13-4-2-1-3-5-13/h1-9,11,17H,10,12H2,(H,25,28)(H,29,30)(H,31,32)(H2,26,27,33). The Kier molecular flexibility index (Phi) is 8.23. The van der Waals surface area contributed by atoms with Crippen LogP contribution < -0.4 is 16.0 Å². The highest BCUT2D eigenvalue weighted by Crippen LogP contribution is 2.35. The molecule has 3 amide bonds. The molecule has 176 valence electrons. The van der Waals surface area contributed by atoms with Crippen molar-refractivity contribution in [3.63, 3.8) is 0 Å². The van der Waals surface area contributed by atoms with Gasteiger partial charge in [-0.15, -0.1) is 22.9 Å². The lowest BCUT2D eigenvalue weighted by molar-refractivity contribution is -0.139. The van der Waals surface area contributed by atoms with Crippen LogP contribution in [0.5, 0.6) is 0 Å². The molecular weight excluding hydrogens is 482 g/mol. The maximum absolute atomic E-state index is 12.5. The van der Waals surface area contributed by atoms with Crippen LogP contribution in [0.15, 0.2) is 60.7 Å². The smallest absolute Gasteiger partial charge is 0.348 e. The molecule has 5 N–H and O–H groups in total. The molecule has 11 heteroatoms. The minimum atomic E-state index is -1.24. The number of rotatable bonds is 9. The SMILES string of the molecule is O=C(CCl)Nc1ccc(-c2cc(NC(=O)NC(Cc3ccccc3)C(=O)O)c(C(=O)O)s2)cc1. The lowest BCUT2D eigenvalue weighted by Crippen LogP contribution is -2.44. The van der Waals surface area contributed by atoms with E-state index >= 15 is 0 Å². The van der Waals surface area contributed by atoms with Crippen molar-refractivity contribution in [2.24, 2.45) is 0 Å². The molecule has 0 aliphatic carbocycles. The van der Waals surface area contributed by atoms with E-state index in [2.05, 4.69) is 16.0 Å². The molecule has 1 aromatic heterocycles. The Bertz CT molecular complexity index is 1200. The summed E-state index contributed by atoms with van der Waals surface area (Å²) in [6.45, 7) is 0. The first kappa shape index (κ1) is 24.7. The van der Waals surface area contributed by atoms with E-state index in [1.165, 1.54) is 6.07 Å². The molecule has 0 fully saturated rings. The number of carbonyl (C=O) groups is 4. The average Bonchev–Trinajstić information content (AvgIpc) is 3.23. The third kappa shape index (κ3) is 6.56. The molecule has 0 saturated carbocycles. The number of benzene rings is 2. The van der Waals surface area contributed by atoms with E-state index in [0.29, 0.717) is 16.1 Å². The minimum Gasteiger partial charge on any atom is -0.480 e. The number of carboxylic acids is 2. The number of hydrogen-bond donors (Lipinski definition) is 5. The number of carboxylic acid groups (broad SMARTS) is 2. The summed E-state index contributed by atoms with van der Waals surface area (Å²) < 4.78 is 0. The number of halogens is 1. The fourth-order valence-corrected chi connectivity index (χ4v) is 4.09. The number of nitrogens with one attached hydrogen (secondary N) is 3. The van der Waals surface area contributed by atoms with Crippen LogP contribution in [0.3, 0.4) is 0 Å². The van der Waals surface area contributed by atoms with Crippen LogP contribution in [0.1, 0.15) is 15.2 Å². The highest BCUT2D eigenvalue weighted by molar-refractivity contribution is 7.18. The number of aliphatic carboxylic acids is 1. The largest absolute Gasteiger partial charge is 0.480 e. The minimum absolute atomic E-state index is 0.0355. The number of carbonyl (C=O) groups excluding carboxylic acids is 2. The molecule has 0 bridgehead atoms. The van der Waals surface area contributed by atoms with Crippen molar-refractivity contribution in [2.75, 3.05) is 16.5 Å². The zero-order valence-corrected chi connectivity index (χ0v) is 19.2. The van der Waals surface area contributed by atoms with Crippen LogP contribution in [0.2, 0.25) is 0 Å². The number of alkyl halides is 1. The van der Waals surface area contributed by atoms with Crippen molar-refractivity contribution in [1.82, 2.24) is 5.32 Å². The van der Waals surface area contributed by atoms with Gasteiger partial charge in [-0.25, -0.2) is 14.4 Å². The molecule has 3 aromatic rings. The summed E-state index contributed by atoms with van der Waals surface area (Å²) in [7, 11) is 0. The van der Waals surface area contributed by atoms with Gasteiger partial charge in [0.05, 0.1) is 5.69 Å². The Balaban J connectivity index is 1.75. The van der Waals surface area contributed by atoms with Crippen LogP contribution in [-0.2, 0) is 16.0 Å². The van der Waals surface area contributed by atoms with Crippen molar-refractivity contribution in [3.05, 3.63) is 71.1 Å². The third-order valence-corrected chi connectivity index (χ3v) is 6.05. The second kappa shape index (κ2) is 11.3. The summed E-state index contributed by atoms with van der Waals surface area (Å²) in [5.74, 6) is -3.00. The summed E-state index contributed by atoms with van der Waals surface area (Å²) >= 11 is 6.42. The zero-order chi connectivity index (χ0) is 24.7. The van der Waals surface area contributed by atoms with Crippen LogP contribution >= 0.6 is 22.9 Å². The van der Waals surface area contributed by atoms with E-state index < -0.39 is 24.0 Å². The van der Waals surface area contributed by atoms with Crippen LogP contribution in [0, 0.1) is 0 Å². The van der Waals surface area contributed by atoms with E-state index in [-0.39, 0.29) is 28.8 Å². The number of amides is 3. The topological polar surface area (TPSA) is 145 Å². The fourth-order valence-electron chi connectivity index (χ4n) is 3.06. The van der Waals surface area contributed by atoms with Crippen molar-refractivity contribution < 1.29 is 29.4 Å². The van der Waals surface area contributed by atoms with Gasteiger partial charge in [0.15, 0.2) is 0 Å². The summed E-state index contributed by atoms with van der Waals surface area (Å²) in [6, 6.07) is 14.9. The maximum atomic E-state index is 12.5. The Labute approximate surface area is 203 Å². The molecule has 9 nitrogen and oxygen atoms in total. The molecule has 0 spiro atoms. The third-order valence-electron chi connectivity index (χ3n) is 4.64. The Morgan fingerprint density at radius 2 is 1.62 bits per heavy atom. The average molecular weight is 502 g/mol. The highest BCUT2D eigenvalue weighted by Gasteiger charge is 2.23. The van der Waals surface area contributed by atoms with Crippen molar-refractivity contribution in [1.29, 1.82) is 0 Å².